The van der Waals surface area contributed by atoms with Gasteiger partial charge < -0.3 is 15.7 Å². The summed E-state index contributed by atoms with van der Waals surface area (Å²) < 4.78 is 0. The van der Waals surface area contributed by atoms with Gasteiger partial charge in [-0.1, -0.05) is 13.8 Å². The van der Waals surface area contributed by atoms with Crippen LogP contribution in [0, 0.1) is 11.3 Å². The van der Waals surface area contributed by atoms with Crippen LogP contribution >= 0.6 is 0 Å². The lowest BCUT2D eigenvalue weighted by Crippen LogP contribution is -2.42. The number of rotatable bonds is 7. The van der Waals surface area contributed by atoms with Crippen molar-refractivity contribution in [3.8, 4) is 0 Å². The minimum Gasteiger partial charge on any atom is -0.396 e. The lowest BCUT2D eigenvalue weighted by molar-refractivity contribution is -0.121. The van der Waals surface area contributed by atoms with Gasteiger partial charge in [-0.05, 0) is 25.7 Å². The Morgan fingerprint density at radius 3 is 2.44 bits per heavy atom. The van der Waals surface area contributed by atoms with Gasteiger partial charge in [-0.2, -0.15) is 0 Å². The molecule has 0 bridgehead atoms. The molecule has 4 heteroatoms. The Kier molecular flexibility index (Phi) is 4.74. The number of aliphatic hydroxyl groups excluding tert-OH is 1. The van der Waals surface area contributed by atoms with Crippen molar-refractivity contribution in [2.75, 3.05) is 19.7 Å². The third-order valence-electron chi connectivity index (χ3n) is 3.47. The third kappa shape index (κ3) is 4.10. The molecule has 0 aromatic rings. The highest BCUT2D eigenvalue weighted by atomic mass is 16.3. The number of amides is 1. The van der Waals surface area contributed by atoms with Gasteiger partial charge >= 0.3 is 0 Å². The number of nitrogens with one attached hydrogen (secondary N) is 2. The van der Waals surface area contributed by atoms with Gasteiger partial charge in [0.2, 0.25) is 5.91 Å². The van der Waals surface area contributed by atoms with Crippen molar-refractivity contribution in [1.29, 1.82) is 0 Å². The van der Waals surface area contributed by atoms with Gasteiger partial charge in [0, 0.05) is 24.6 Å². The van der Waals surface area contributed by atoms with Crippen molar-refractivity contribution < 1.29 is 9.90 Å². The van der Waals surface area contributed by atoms with E-state index >= 15 is 0 Å². The number of aliphatic hydroxyl groups is 1. The Labute approximate surface area is 97.8 Å². The van der Waals surface area contributed by atoms with Crippen LogP contribution in [0.4, 0.5) is 0 Å². The summed E-state index contributed by atoms with van der Waals surface area (Å²) in [5.41, 5.74) is 0.0734. The molecule has 4 nitrogen and oxygen atoms in total. The van der Waals surface area contributed by atoms with E-state index in [9.17, 15) is 4.79 Å². The highest BCUT2D eigenvalue weighted by Gasteiger charge is 2.41. The smallest absolute Gasteiger partial charge is 0.234 e. The van der Waals surface area contributed by atoms with Gasteiger partial charge in [0.15, 0.2) is 0 Å². The molecule has 0 aromatic carbocycles. The number of hydrogen-bond acceptors (Lipinski definition) is 3. The topological polar surface area (TPSA) is 61.4 Å². The van der Waals surface area contributed by atoms with E-state index in [1.165, 1.54) is 0 Å². The van der Waals surface area contributed by atoms with Gasteiger partial charge in [-0.25, -0.2) is 0 Å². The van der Waals surface area contributed by atoms with Gasteiger partial charge in [0.05, 0.1) is 6.54 Å². The van der Waals surface area contributed by atoms with Crippen LogP contribution in [-0.2, 0) is 4.79 Å². The molecule has 1 unspecified atom stereocenters. The fourth-order valence-electron chi connectivity index (χ4n) is 1.48. The number of hydrogen-bond donors (Lipinski definition) is 3. The quantitative estimate of drug-likeness (QED) is 0.595. The van der Waals surface area contributed by atoms with E-state index in [4.69, 9.17) is 5.11 Å². The molecule has 94 valence electrons. The van der Waals surface area contributed by atoms with Crippen LogP contribution in [0.15, 0.2) is 0 Å². The fourth-order valence-corrected chi connectivity index (χ4v) is 1.48. The van der Waals surface area contributed by atoms with Crippen LogP contribution in [0.2, 0.25) is 0 Å². The van der Waals surface area contributed by atoms with E-state index < -0.39 is 0 Å². The van der Waals surface area contributed by atoms with Crippen LogP contribution < -0.4 is 10.6 Å². The van der Waals surface area contributed by atoms with Crippen molar-refractivity contribution in [1.82, 2.24) is 10.6 Å². The second kappa shape index (κ2) is 5.64. The van der Waals surface area contributed by atoms with E-state index in [0.29, 0.717) is 12.5 Å². The van der Waals surface area contributed by atoms with Crippen molar-refractivity contribution in [3.63, 3.8) is 0 Å². The highest BCUT2D eigenvalue weighted by molar-refractivity contribution is 5.78. The summed E-state index contributed by atoms with van der Waals surface area (Å²) in [7, 11) is 0. The summed E-state index contributed by atoms with van der Waals surface area (Å²) in [6, 6.07) is 0.210. The zero-order valence-corrected chi connectivity index (χ0v) is 10.5. The Balaban J connectivity index is 2.11. The van der Waals surface area contributed by atoms with Crippen LogP contribution in [0.5, 0.6) is 0 Å². The van der Waals surface area contributed by atoms with Gasteiger partial charge in [0.1, 0.15) is 0 Å². The first-order chi connectivity index (χ1) is 7.49. The van der Waals surface area contributed by atoms with Gasteiger partial charge in [-0.15, -0.1) is 0 Å². The first-order valence-electron chi connectivity index (χ1n) is 6.10. The lowest BCUT2D eigenvalue weighted by Gasteiger charge is -2.18. The molecule has 0 spiro atoms. The Bertz CT molecular complexity index is 237. The summed E-state index contributed by atoms with van der Waals surface area (Å²) in [5.74, 6) is 0.492. The van der Waals surface area contributed by atoms with E-state index in [0.717, 1.165) is 19.4 Å². The average Bonchev–Trinajstić information content (AvgIpc) is 2.98. The van der Waals surface area contributed by atoms with Crippen molar-refractivity contribution in [2.45, 2.75) is 39.7 Å². The highest BCUT2D eigenvalue weighted by Crippen LogP contribution is 2.44. The Morgan fingerprint density at radius 2 is 2.00 bits per heavy atom. The molecule has 1 rings (SSSR count). The molecule has 0 heterocycles. The maximum absolute atomic E-state index is 11.5. The third-order valence-corrected chi connectivity index (χ3v) is 3.47. The van der Waals surface area contributed by atoms with Crippen LogP contribution in [-0.4, -0.2) is 36.8 Å². The summed E-state index contributed by atoms with van der Waals surface area (Å²) in [6.07, 6.45) is 2.14. The number of carbonyl (C=O) groups is 1. The van der Waals surface area contributed by atoms with E-state index in [2.05, 4.69) is 24.5 Å². The molecule has 0 radical (unpaired) electrons. The molecule has 0 saturated heterocycles. The molecule has 1 amide bonds. The Hall–Kier alpha value is -0.610. The second-order valence-corrected chi connectivity index (χ2v) is 5.36. The molecular weight excluding hydrogens is 204 g/mol. The zero-order valence-electron chi connectivity index (χ0n) is 10.5. The molecule has 1 atom stereocenters. The average molecular weight is 228 g/mol. The lowest BCUT2D eigenvalue weighted by atomic mass is 10.1. The van der Waals surface area contributed by atoms with Crippen molar-refractivity contribution in [3.05, 3.63) is 0 Å². The minimum absolute atomic E-state index is 0.0370. The maximum Gasteiger partial charge on any atom is 0.234 e. The second-order valence-electron chi connectivity index (χ2n) is 5.36. The predicted molar refractivity (Wildman–Crippen MR) is 64.1 cm³/mol. The normalized spacial score (nSPS) is 19.6. The monoisotopic (exact) mass is 228 g/mol. The molecular formula is C12H24N2O2. The molecule has 16 heavy (non-hydrogen) atoms. The standard InChI is InChI=1S/C12H24N2O2/c1-9(2)10(3)14-11(16)6-13-7-12(8-15)4-5-12/h9-10,13,15H,4-8H2,1-3H3,(H,14,16). The molecule has 1 aliphatic rings. The zero-order chi connectivity index (χ0) is 12.2. The van der Waals surface area contributed by atoms with Crippen LogP contribution in [0.25, 0.3) is 0 Å². The van der Waals surface area contributed by atoms with E-state index in [1.54, 1.807) is 0 Å². The predicted octanol–water partition coefficient (Wildman–Crippen LogP) is 0.509. The molecule has 3 N–H and O–H groups in total. The molecule has 0 aliphatic heterocycles. The molecule has 1 aliphatic carbocycles. The SMILES string of the molecule is CC(C)C(C)NC(=O)CNCC1(CO)CC1. The largest absolute Gasteiger partial charge is 0.396 e. The molecule has 1 fully saturated rings. The van der Waals surface area contributed by atoms with Crippen LogP contribution in [0.3, 0.4) is 0 Å². The minimum atomic E-state index is 0.0370. The summed E-state index contributed by atoms with van der Waals surface area (Å²) in [4.78, 5) is 11.5. The van der Waals surface area contributed by atoms with Gasteiger partial charge in [0.25, 0.3) is 0 Å². The van der Waals surface area contributed by atoms with E-state index in [1.807, 2.05) is 6.92 Å². The molecule has 1 saturated carbocycles. The first kappa shape index (κ1) is 13.5. The van der Waals surface area contributed by atoms with E-state index in [-0.39, 0.29) is 24.0 Å². The summed E-state index contributed by atoms with van der Waals surface area (Å²) >= 11 is 0. The maximum atomic E-state index is 11.5. The van der Waals surface area contributed by atoms with Gasteiger partial charge in [-0.3, -0.25) is 4.79 Å². The van der Waals surface area contributed by atoms with Crippen molar-refractivity contribution >= 4 is 5.91 Å². The number of carbonyl (C=O) groups excluding carboxylic acids is 1. The fraction of sp³-hybridized carbons (Fsp3) is 0.917. The molecule has 0 aromatic heterocycles. The summed E-state index contributed by atoms with van der Waals surface area (Å²) in [5, 5.41) is 15.2. The van der Waals surface area contributed by atoms with Crippen molar-refractivity contribution in [2.24, 2.45) is 11.3 Å². The van der Waals surface area contributed by atoms with Crippen LogP contribution in [0.1, 0.15) is 33.6 Å². The summed E-state index contributed by atoms with van der Waals surface area (Å²) in [6.45, 7) is 7.50. The first-order valence-corrected chi connectivity index (χ1v) is 6.10. The Morgan fingerprint density at radius 1 is 1.38 bits per heavy atom.